The van der Waals surface area contributed by atoms with E-state index in [1.807, 2.05) is 30.3 Å². The Morgan fingerprint density at radius 1 is 1.37 bits per heavy atom. The van der Waals surface area contributed by atoms with E-state index in [2.05, 4.69) is 0 Å². The third-order valence-electron chi connectivity index (χ3n) is 2.55. The van der Waals surface area contributed by atoms with Crippen LogP contribution in [0.25, 0.3) is 11.1 Å². The maximum Gasteiger partial charge on any atom is 0.341 e. The standard InChI is InChI=1S/C14H13NO2S2/c1-2-17-14(16)12-10(8-11(18)19-13(12)15)9-6-4-3-5-7-9/h3-8H,2,15H2,1H3. The summed E-state index contributed by atoms with van der Waals surface area (Å²) in [6.07, 6.45) is 0. The minimum atomic E-state index is -0.412. The molecule has 1 aromatic carbocycles. The van der Waals surface area contributed by atoms with Crippen molar-refractivity contribution in [3.63, 3.8) is 0 Å². The highest BCUT2D eigenvalue weighted by molar-refractivity contribution is 7.73. The number of anilines is 1. The van der Waals surface area contributed by atoms with Gasteiger partial charge in [-0.15, -0.1) is 11.3 Å². The zero-order chi connectivity index (χ0) is 13.8. The van der Waals surface area contributed by atoms with Crippen molar-refractivity contribution >= 4 is 34.5 Å². The van der Waals surface area contributed by atoms with Crippen molar-refractivity contribution in [1.29, 1.82) is 0 Å². The molecule has 5 heteroatoms. The Morgan fingerprint density at radius 3 is 2.68 bits per heavy atom. The molecule has 0 fully saturated rings. The molecule has 0 aliphatic rings. The average molecular weight is 291 g/mol. The van der Waals surface area contributed by atoms with Crippen LogP contribution in [0, 0.1) is 3.82 Å². The molecule has 0 aliphatic heterocycles. The number of hydrogen-bond donors (Lipinski definition) is 1. The molecule has 2 rings (SSSR count). The van der Waals surface area contributed by atoms with Gasteiger partial charge in [-0.05, 0) is 18.6 Å². The molecule has 3 nitrogen and oxygen atoms in total. The summed E-state index contributed by atoms with van der Waals surface area (Å²) >= 11 is 6.40. The first-order chi connectivity index (χ1) is 9.13. The fraction of sp³-hybridized carbons (Fsp3) is 0.143. The zero-order valence-corrected chi connectivity index (χ0v) is 12.0. The van der Waals surface area contributed by atoms with Crippen LogP contribution in [0.1, 0.15) is 17.3 Å². The maximum atomic E-state index is 12.0. The van der Waals surface area contributed by atoms with Crippen LogP contribution in [0.5, 0.6) is 0 Å². The average Bonchev–Trinajstić information content (AvgIpc) is 2.39. The maximum absolute atomic E-state index is 12.0. The smallest absolute Gasteiger partial charge is 0.341 e. The van der Waals surface area contributed by atoms with Gasteiger partial charge in [0.25, 0.3) is 0 Å². The first-order valence-corrected chi connectivity index (χ1v) is 7.02. The number of hydrogen-bond acceptors (Lipinski definition) is 5. The van der Waals surface area contributed by atoms with Crippen molar-refractivity contribution in [2.24, 2.45) is 0 Å². The zero-order valence-electron chi connectivity index (χ0n) is 10.4. The molecule has 0 saturated heterocycles. The van der Waals surface area contributed by atoms with Crippen LogP contribution in [0.3, 0.4) is 0 Å². The van der Waals surface area contributed by atoms with E-state index < -0.39 is 5.97 Å². The number of ether oxygens (including phenoxy) is 1. The summed E-state index contributed by atoms with van der Waals surface area (Å²) in [6, 6.07) is 11.3. The number of benzene rings is 1. The monoisotopic (exact) mass is 291 g/mol. The summed E-state index contributed by atoms with van der Waals surface area (Å²) < 4.78 is 5.71. The molecular weight excluding hydrogens is 278 g/mol. The molecule has 98 valence electrons. The first kappa shape index (κ1) is 13.7. The van der Waals surface area contributed by atoms with Crippen LogP contribution in [0.15, 0.2) is 36.4 Å². The van der Waals surface area contributed by atoms with E-state index in [9.17, 15) is 4.79 Å². The highest BCUT2D eigenvalue weighted by Gasteiger charge is 2.18. The van der Waals surface area contributed by atoms with E-state index >= 15 is 0 Å². The Balaban J connectivity index is 2.65. The molecule has 0 saturated carbocycles. The summed E-state index contributed by atoms with van der Waals surface area (Å²) in [5.74, 6) is -0.412. The van der Waals surface area contributed by atoms with Gasteiger partial charge < -0.3 is 10.5 Å². The highest BCUT2D eigenvalue weighted by atomic mass is 32.1. The number of nitrogens with two attached hydrogens (primary N) is 1. The molecule has 0 aliphatic carbocycles. The van der Waals surface area contributed by atoms with E-state index in [1.54, 1.807) is 13.0 Å². The second kappa shape index (κ2) is 5.95. The molecule has 2 N–H and O–H groups in total. The van der Waals surface area contributed by atoms with E-state index in [1.165, 1.54) is 11.3 Å². The fourth-order valence-electron chi connectivity index (χ4n) is 1.77. The SMILES string of the molecule is CCOC(=O)c1c(-c2ccccc2)cc(=S)sc1N. The van der Waals surface area contributed by atoms with Crippen molar-refractivity contribution < 1.29 is 9.53 Å². The van der Waals surface area contributed by atoms with Gasteiger partial charge in [0.15, 0.2) is 0 Å². The third kappa shape index (κ3) is 3.00. The van der Waals surface area contributed by atoms with Gasteiger partial charge in [-0.2, -0.15) is 0 Å². The van der Waals surface area contributed by atoms with Gasteiger partial charge in [0.2, 0.25) is 0 Å². The molecule has 0 bridgehead atoms. The molecule has 1 aromatic heterocycles. The number of carbonyl (C=O) groups is 1. The van der Waals surface area contributed by atoms with Gasteiger partial charge in [0.1, 0.15) is 10.6 Å². The lowest BCUT2D eigenvalue weighted by molar-refractivity contribution is 0.0529. The summed E-state index contributed by atoms with van der Waals surface area (Å²) in [5.41, 5.74) is 7.96. The van der Waals surface area contributed by atoms with Crippen LogP contribution in [0.2, 0.25) is 0 Å². The molecule has 1 heterocycles. The van der Waals surface area contributed by atoms with E-state index in [-0.39, 0.29) is 0 Å². The molecule has 2 aromatic rings. The fourth-order valence-corrected chi connectivity index (χ4v) is 2.85. The van der Waals surface area contributed by atoms with Crippen LogP contribution in [-0.4, -0.2) is 12.6 Å². The predicted molar refractivity (Wildman–Crippen MR) is 81.0 cm³/mol. The Bertz CT molecular complexity index is 650. The van der Waals surface area contributed by atoms with Crippen LogP contribution >= 0.6 is 23.6 Å². The van der Waals surface area contributed by atoms with Crippen molar-refractivity contribution in [2.45, 2.75) is 6.92 Å². The van der Waals surface area contributed by atoms with Gasteiger partial charge in [-0.3, -0.25) is 0 Å². The van der Waals surface area contributed by atoms with Crippen LogP contribution < -0.4 is 5.73 Å². The van der Waals surface area contributed by atoms with Crippen molar-refractivity contribution in [1.82, 2.24) is 0 Å². The minimum absolute atomic E-state index is 0.312. The summed E-state index contributed by atoms with van der Waals surface area (Å²) in [4.78, 5) is 12.0. The Hall–Kier alpha value is -1.72. The number of carbonyl (C=O) groups excluding carboxylic acids is 1. The normalized spacial score (nSPS) is 10.2. The summed E-state index contributed by atoms with van der Waals surface area (Å²) in [5, 5.41) is 0.393. The second-order valence-electron chi connectivity index (χ2n) is 3.80. The van der Waals surface area contributed by atoms with Crippen LogP contribution in [0.4, 0.5) is 5.00 Å². The minimum Gasteiger partial charge on any atom is -0.462 e. The quantitative estimate of drug-likeness (QED) is 0.688. The Morgan fingerprint density at radius 2 is 2.05 bits per heavy atom. The number of esters is 1. The summed E-state index contributed by atoms with van der Waals surface area (Å²) in [7, 11) is 0. The van der Waals surface area contributed by atoms with Gasteiger partial charge in [-0.1, -0.05) is 42.5 Å². The molecule has 0 spiro atoms. The topological polar surface area (TPSA) is 52.3 Å². The van der Waals surface area contributed by atoms with E-state index in [0.29, 0.717) is 21.0 Å². The van der Waals surface area contributed by atoms with E-state index in [0.717, 1.165) is 11.1 Å². The van der Waals surface area contributed by atoms with Gasteiger partial charge in [0, 0.05) is 5.56 Å². The Kier molecular flexibility index (Phi) is 4.29. The largest absolute Gasteiger partial charge is 0.462 e. The van der Waals surface area contributed by atoms with Crippen molar-refractivity contribution in [3.05, 3.63) is 45.8 Å². The second-order valence-corrected chi connectivity index (χ2v) is 5.59. The first-order valence-electron chi connectivity index (χ1n) is 5.79. The third-order valence-corrected chi connectivity index (χ3v) is 3.66. The van der Waals surface area contributed by atoms with Gasteiger partial charge in [-0.25, -0.2) is 4.79 Å². The lowest BCUT2D eigenvalue weighted by Gasteiger charge is -2.11. The molecule has 0 amide bonds. The molecule has 0 unspecified atom stereocenters. The predicted octanol–water partition coefficient (Wildman–Crippen LogP) is 3.90. The van der Waals surface area contributed by atoms with E-state index in [4.69, 9.17) is 22.7 Å². The summed E-state index contributed by atoms with van der Waals surface area (Å²) in [6.45, 7) is 2.08. The van der Waals surface area contributed by atoms with Crippen molar-refractivity contribution in [3.8, 4) is 11.1 Å². The lowest BCUT2D eigenvalue weighted by Crippen LogP contribution is -2.09. The lowest BCUT2D eigenvalue weighted by atomic mass is 10.0. The van der Waals surface area contributed by atoms with Gasteiger partial charge in [0.05, 0.1) is 10.4 Å². The highest BCUT2D eigenvalue weighted by Crippen LogP contribution is 2.31. The molecule has 0 radical (unpaired) electrons. The number of nitrogen functional groups attached to an aromatic ring is 1. The van der Waals surface area contributed by atoms with Crippen molar-refractivity contribution in [2.75, 3.05) is 12.3 Å². The molecular formula is C14H13NO2S2. The molecule has 0 atom stereocenters. The molecule has 19 heavy (non-hydrogen) atoms. The van der Waals surface area contributed by atoms with Crippen LogP contribution in [-0.2, 0) is 4.74 Å². The number of rotatable bonds is 3. The van der Waals surface area contributed by atoms with Gasteiger partial charge >= 0.3 is 5.97 Å². The Labute approximate surface area is 120 Å².